The third kappa shape index (κ3) is 3.25. The van der Waals surface area contributed by atoms with Crippen molar-refractivity contribution in [1.82, 2.24) is 15.1 Å². The van der Waals surface area contributed by atoms with Crippen molar-refractivity contribution >= 4 is 23.2 Å². The molecule has 3 nitrogen and oxygen atoms in total. The first kappa shape index (κ1) is 16.3. The Hall–Kier alpha value is -1.03. The Bertz CT molecular complexity index is 620. The maximum absolute atomic E-state index is 6.41. The molecule has 114 valence electrons. The molecule has 0 aliphatic rings. The maximum atomic E-state index is 6.41. The molecule has 1 N–H and O–H groups in total. The topological polar surface area (TPSA) is 29.9 Å². The standard InChI is InChI=1S/C16H21Cl2N3/c1-5-19-15(12-7-6-8-13(17)11(12)4)16-14(18)9-20-21(16)10(2)3/h6-10,15,19H,5H2,1-4H3. The van der Waals surface area contributed by atoms with E-state index in [4.69, 9.17) is 23.2 Å². The molecule has 0 aliphatic carbocycles. The van der Waals surface area contributed by atoms with Gasteiger partial charge in [0.25, 0.3) is 0 Å². The molecule has 0 saturated carbocycles. The third-order valence-corrected chi connectivity index (χ3v) is 4.28. The van der Waals surface area contributed by atoms with Gasteiger partial charge in [0.1, 0.15) is 0 Å². The van der Waals surface area contributed by atoms with Crippen LogP contribution in [0.5, 0.6) is 0 Å². The number of aromatic nitrogens is 2. The van der Waals surface area contributed by atoms with E-state index in [1.54, 1.807) is 6.20 Å². The van der Waals surface area contributed by atoms with Crippen molar-refractivity contribution in [3.05, 3.63) is 51.3 Å². The van der Waals surface area contributed by atoms with Gasteiger partial charge in [0.15, 0.2) is 0 Å². The molecule has 2 aromatic rings. The predicted octanol–water partition coefficient (Wildman–Crippen LogP) is 4.78. The fourth-order valence-electron chi connectivity index (χ4n) is 2.53. The maximum Gasteiger partial charge on any atom is 0.0837 e. The van der Waals surface area contributed by atoms with Crippen molar-refractivity contribution in [3.8, 4) is 0 Å². The molecule has 0 fully saturated rings. The van der Waals surface area contributed by atoms with Gasteiger partial charge in [0.2, 0.25) is 0 Å². The molecule has 2 rings (SSSR count). The zero-order valence-electron chi connectivity index (χ0n) is 12.8. The summed E-state index contributed by atoms with van der Waals surface area (Å²) in [6, 6.07) is 6.19. The smallest absolute Gasteiger partial charge is 0.0837 e. The number of rotatable bonds is 5. The minimum absolute atomic E-state index is 0.0221. The first-order chi connectivity index (χ1) is 9.97. The highest BCUT2D eigenvalue weighted by Crippen LogP contribution is 2.33. The highest BCUT2D eigenvalue weighted by molar-refractivity contribution is 6.31. The summed E-state index contributed by atoms with van der Waals surface area (Å²) >= 11 is 12.7. The monoisotopic (exact) mass is 325 g/mol. The van der Waals surface area contributed by atoms with Gasteiger partial charge in [-0.15, -0.1) is 0 Å². The van der Waals surface area contributed by atoms with Crippen LogP contribution in [-0.2, 0) is 0 Å². The normalized spacial score (nSPS) is 12.9. The van der Waals surface area contributed by atoms with Gasteiger partial charge in [-0.2, -0.15) is 5.10 Å². The lowest BCUT2D eigenvalue weighted by atomic mass is 9.98. The second-order valence-corrected chi connectivity index (χ2v) is 6.18. The molecule has 0 bridgehead atoms. The van der Waals surface area contributed by atoms with Crippen molar-refractivity contribution in [1.29, 1.82) is 0 Å². The van der Waals surface area contributed by atoms with Gasteiger partial charge < -0.3 is 5.32 Å². The molecular weight excluding hydrogens is 305 g/mol. The third-order valence-electron chi connectivity index (χ3n) is 3.58. The number of hydrogen-bond acceptors (Lipinski definition) is 2. The number of nitrogens with zero attached hydrogens (tertiary/aromatic N) is 2. The summed E-state index contributed by atoms with van der Waals surface area (Å²) in [4.78, 5) is 0. The average molecular weight is 326 g/mol. The summed E-state index contributed by atoms with van der Waals surface area (Å²) in [5.74, 6) is 0. The Kier molecular flexibility index (Phi) is 5.31. The zero-order chi connectivity index (χ0) is 15.6. The fraction of sp³-hybridized carbons (Fsp3) is 0.438. The molecule has 5 heteroatoms. The summed E-state index contributed by atoms with van der Waals surface area (Å²) < 4.78 is 1.97. The molecule has 1 aromatic carbocycles. The Morgan fingerprint density at radius 3 is 2.57 bits per heavy atom. The molecule has 0 saturated heterocycles. The Balaban J connectivity index is 2.59. The average Bonchev–Trinajstić information content (AvgIpc) is 2.82. The molecule has 1 heterocycles. The Morgan fingerprint density at radius 1 is 1.24 bits per heavy atom. The molecular formula is C16H21Cl2N3. The second kappa shape index (κ2) is 6.82. The van der Waals surface area contributed by atoms with E-state index in [-0.39, 0.29) is 12.1 Å². The van der Waals surface area contributed by atoms with Crippen molar-refractivity contribution in [3.63, 3.8) is 0 Å². The molecule has 0 aliphatic heterocycles. The van der Waals surface area contributed by atoms with Crippen molar-refractivity contribution in [2.45, 2.75) is 39.8 Å². The van der Waals surface area contributed by atoms with E-state index in [1.807, 2.05) is 23.7 Å². The van der Waals surface area contributed by atoms with Gasteiger partial charge in [-0.3, -0.25) is 4.68 Å². The first-order valence-corrected chi connectivity index (χ1v) is 7.94. The van der Waals surface area contributed by atoms with Crippen LogP contribution in [0.25, 0.3) is 0 Å². The number of halogens is 2. The Morgan fingerprint density at radius 2 is 1.95 bits per heavy atom. The van der Waals surface area contributed by atoms with E-state index in [0.717, 1.165) is 28.4 Å². The van der Waals surface area contributed by atoms with Crippen LogP contribution in [0, 0.1) is 6.92 Å². The lowest BCUT2D eigenvalue weighted by Gasteiger charge is -2.24. The number of hydrogen-bond donors (Lipinski definition) is 1. The van der Waals surface area contributed by atoms with Crippen LogP contribution in [0.1, 0.15) is 49.7 Å². The summed E-state index contributed by atoms with van der Waals surface area (Å²) in [5, 5.41) is 9.35. The molecule has 0 amide bonds. The fourth-order valence-corrected chi connectivity index (χ4v) is 2.95. The molecule has 1 atom stereocenters. The van der Waals surface area contributed by atoms with Crippen LogP contribution < -0.4 is 5.32 Å². The molecule has 0 spiro atoms. The van der Waals surface area contributed by atoms with Gasteiger partial charge in [-0.25, -0.2) is 0 Å². The largest absolute Gasteiger partial charge is 0.305 e. The lowest BCUT2D eigenvalue weighted by molar-refractivity contribution is 0.476. The Labute approximate surface area is 136 Å². The predicted molar refractivity (Wildman–Crippen MR) is 89.3 cm³/mol. The van der Waals surface area contributed by atoms with Crippen molar-refractivity contribution in [2.24, 2.45) is 0 Å². The van der Waals surface area contributed by atoms with Gasteiger partial charge in [0, 0.05) is 11.1 Å². The van der Waals surface area contributed by atoms with Gasteiger partial charge in [-0.05, 0) is 44.5 Å². The van der Waals surface area contributed by atoms with E-state index < -0.39 is 0 Å². The van der Waals surface area contributed by atoms with E-state index >= 15 is 0 Å². The minimum Gasteiger partial charge on any atom is -0.305 e. The van der Waals surface area contributed by atoms with Gasteiger partial charge >= 0.3 is 0 Å². The van der Waals surface area contributed by atoms with Crippen molar-refractivity contribution in [2.75, 3.05) is 6.54 Å². The van der Waals surface area contributed by atoms with E-state index in [0.29, 0.717) is 5.02 Å². The summed E-state index contributed by atoms with van der Waals surface area (Å²) in [5.41, 5.74) is 3.19. The molecule has 21 heavy (non-hydrogen) atoms. The lowest BCUT2D eigenvalue weighted by Crippen LogP contribution is -2.26. The van der Waals surface area contributed by atoms with Crippen LogP contribution >= 0.6 is 23.2 Å². The summed E-state index contributed by atoms with van der Waals surface area (Å²) in [7, 11) is 0. The summed E-state index contributed by atoms with van der Waals surface area (Å²) in [6.07, 6.45) is 1.71. The van der Waals surface area contributed by atoms with Crippen LogP contribution in [-0.4, -0.2) is 16.3 Å². The highest BCUT2D eigenvalue weighted by Gasteiger charge is 2.24. The van der Waals surface area contributed by atoms with E-state index in [9.17, 15) is 0 Å². The molecule has 1 unspecified atom stereocenters. The van der Waals surface area contributed by atoms with E-state index in [2.05, 4.69) is 37.3 Å². The first-order valence-electron chi connectivity index (χ1n) is 7.18. The quantitative estimate of drug-likeness (QED) is 0.857. The van der Waals surface area contributed by atoms with Crippen molar-refractivity contribution < 1.29 is 0 Å². The highest BCUT2D eigenvalue weighted by atomic mass is 35.5. The van der Waals surface area contributed by atoms with Crippen LogP contribution in [0.3, 0.4) is 0 Å². The molecule has 1 aromatic heterocycles. The van der Waals surface area contributed by atoms with Gasteiger partial charge in [-0.1, -0.05) is 42.3 Å². The SMILES string of the molecule is CCNC(c1cccc(Cl)c1C)c1c(Cl)cnn1C(C)C. The van der Waals surface area contributed by atoms with Crippen LogP contribution in [0.4, 0.5) is 0 Å². The number of nitrogens with one attached hydrogen (secondary N) is 1. The van der Waals surface area contributed by atoms with Crippen LogP contribution in [0.2, 0.25) is 10.0 Å². The van der Waals surface area contributed by atoms with Gasteiger partial charge in [0.05, 0.1) is 23.0 Å². The summed E-state index contributed by atoms with van der Waals surface area (Å²) in [6.45, 7) is 9.14. The van der Waals surface area contributed by atoms with E-state index in [1.165, 1.54) is 0 Å². The zero-order valence-corrected chi connectivity index (χ0v) is 14.3. The minimum atomic E-state index is -0.0221. The molecule has 0 radical (unpaired) electrons. The second-order valence-electron chi connectivity index (χ2n) is 5.36. The van der Waals surface area contributed by atoms with Crippen LogP contribution in [0.15, 0.2) is 24.4 Å². The number of benzene rings is 1.